The van der Waals surface area contributed by atoms with Crippen LogP contribution >= 0.6 is 0 Å². The van der Waals surface area contributed by atoms with Gasteiger partial charge < -0.3 is 20.4 Å². The van der Waals surface area contributed by atoms with Crippen LogP contribution in [0.25, 0.3) is 33.4 Å². The van der Waals surface area contributed by atoms with Crippen molar-refractivity contribution in [2.24, 2.45) is 0 Å². The van der Waals surface area contributed by atoms with E-state index in [9.17, 15) is 20.4 Å². The number of benzene rings is 6. The van der Waals surface area contributed by atoms with E-state index in [-0.39, 0.29) is 23.0 Å². The molecule has 4 N–H and O–H groups in total. The quantitative estimate of drug-likeness (QED) is 0.183. The summed E-state index contributed by atoms with van der Waals surface area (Å²) < 4.78 is 0. The molecule has 1 aliphatic carbocycles. The molecule has 0 heterocycles. The van der Waals surface area contributed by atoms with Gasteiger partial charge in [-0.2, -0.15) is 0 Å². The van der Waals surface area contributed by atoms with Gasteiger partial charge in [0.05, 0.1) is 5.41 Å². The fraction of sp³-hybridized carbons (Fsp3) is 0.0270. The van der Waals surface area contributed by atoms with E-state index in [2.05, 4.69) is 24.3 Å². The lowest BCUT2D eigenvalue weighted by Gasteiger charge is -2.36. The van der Waals surface area contributed by atoms with E-state index >= 15 is 0 Å². The highest BCUT2D eigenvalue weighted by atomic mass is 16.3. The van der Waals surface area contributed by atoms with Gasteiger partial charge in [-0.3, -0.25) is 0 Å². The summed E-state index contributed by atoms with van der Waals surface area (Å²) in [6.45, 7) is 0. The Balaban J connectivity index is 1.69. The standard InChI is InChI=1S/C37H26O4/c38-27-13-5-23(6-14-27)31-21-22-33-32-3-1-2-4-34(32)37(25-9-17-29(40)18-10-25,26-11-19-30(41)20-12-26)36(33)35(31)24-7-15-28(39)16-8-24/h1-22,38-41H. The molecular weight excluding hydrogens is 508 g/mol. The Kier molecular flexibility index (Phi) is 5.58. The number of fused-ring (bicyclic) bond motifs is 3. The largest absolute Gasteiger partial charge is 0.508 e. The Morgan fingerprint density at radius 3 is 1.34 bits per heavy atom. The minimum atomic E-state index is -0.798. The fourth-order valence-electron chi connectivity index (χ4n) is 6.39. The van der Waals surface area contributed by atoms with Crippen molar-refractivity contribution in [2.45, 2.75) is 5.41 Å². The van der Waals surface area contributed by atoms with Crippen molar-refractivity contribution < 1.29 is 20.4 Å². The van der Waals surface area contributed by atoms with Crippen LogP contribution in [0.2, 0.25) is 0 Å². The van der Waals surface area contributed by atoms with Crippen molar-refractivity contribution in [3.8, 4) is 56.4 Å². The molecule has 41 heavy (non-hydrogen) atoms. The van der Waals surface area contributed by atoms with Crippen LogP contribution in [0, 0.1) is 0 Å². The molecule has 0 atom stereocenters. The highest BCUT2D eigenvalue weighted by Crippen LogP contribution is 2.60. The van der Waals surface area contributed by atoms with E-state index in [1.807, 2.05) is 60.7 Å². The summed E-state index contributed by atoms with van der Waals surface area (Å²) in [6, 6.07) is 41.8. The summed E-state index contributed by atoms with van der Waals surface area (Å²) in [5.74, 6) is 0.727. The molecule has 0 fully saturated rings. The van der Waals surface area contributed by atoms with Gasteiger partial charge in [-0.1, -0.05) is 84.9 Å². The van der Waals surface area contributed by atoms with E-state index in [1.54, 1.807) is 48.5 Å². The van der Waals surface area contributed by atoms with E-state index in [1.165, 1.54) is 0 Å². The van der Waals surface area contributed by atoms with Crippen LogP contribution < -0.4 is 0 Å². The first kappa shape index (κ1) is 24.6. The molecule has 0 aromatic heterocycles. The zero-order chi connectivity index (χ0) is 28.1. The van der Waals surface area contributed by atoms with Crippen molar-refractivity contribution in [1.29, 1.82) is 0 Å². The number of hydrogen-bond acceptors (Lipinski definition) is 4. The second-order valence-corrected chi connectivity index (χ2v) is 10.4. The molecule has 0 aliphatic heterocycles. The predicted molar refractivity (Wildman–Crippen MR) is 161 cm³/mol. The molecule has 4 nitrogen and oxygen atoms in total. The molecule has 0 radical (unpaired) electrons. The summed E-state index contributed by atoms with van der Waals surface area (Å²) in [4.78, 5) is 0. The van der Waals surface area contributed by atoms with Gasteiger partial charge in [-0.15, -0.1) is 0 Å². The number of phenolic OH excluding ortho intramolecular Hbond substituents is 4. The topological polar surface area (TPSA) is 80.9 Å². The average molecular weight is 535 g/mol. The van der Waals surface area contributed by atoms with Gasteiger partial charge >= 0.3 is 0 Å². The molecule has 0 amide bonds. The third-order valence-electron chi connectivity index (χ3n) is 8.14. The average Bonchev–Trinajstić information content (AvgIpc) is 3.30. The van der Waals surface area contributed by atoms with E-state index in [0.717, 1.165) is 55.6 Å². The third kappa shape index (κ3) is 3.76. The van der Waals surface area contributed by atoms with Crippen molar-refractivity contribution in [2.75, 3.05) is 0 Å². The molecule has 7 rings (SSSR count). The predicted octanol–water partition coefficient (Wildman–Crippen LogP) is 8.21. The van der Waals surface area contributed by atoms with Crippen LogP contribution in [-0.4, -0.2) is 20.4 Å². The summed E-state index contributed by atoms with van der Waals surface area (Å²) in [7, 11) is 0. The van der Waals surface area contributed by atoms with Crippen LogP contribution in [0.15, 0.2) is 133 Å². The molecule has 0 bridgehead atoms. The molecule has 6 aromatic rings. The van der Waals surface area contributed by atoms with Gasteiger partial charge in [-0.25, -0.2) is 0 Å². The van der Waals surface area contributed by atoms with E-state index < -0.39 is 5.41 Å². The number of hydrogen-bond donors (Lipinski definition) is 4. The molecular formula is C37H26O4. The van der Waals surface area contributed by atoms with Crippen LogP contribution in [-0.2, 0) is 5.41 Å². The van der Waals surface area contributed by atoms with Gasteiger partial charge in [0, 0.05) is 0 Å². The minimum absolute atomic E-state index is 0.178. The van der Waals surface area contributed by atoms with Crippen molar-refractivity contribution in [3.63, 3.8) is 0 Å². The van der Waals surface area contributed by atoms with Gasteiger partial charge in [0.25, 0.3) is 0 Å². The highest BCUT2D eigenvalue weighted by Gasteiger charge is 2.48. The fourth-order valence-corrected chi connectivity index (χ4v) is 6.39. The maximum Gasteiger partial charge on any atom is 0.115 e. The molecule has 0 saturated carbocycles. The summed E-state index contributed by atoms with van der Waals surface area (Å²) >= 11 is 0. The summed E-state index contributed by atoms with van der Waals surface area (Å²) in [5, 5.41) is 40.8. The second kappa shape index (κ2) is 9.32. The molecule has 0 unspecified atom stereocenters. The lowest BCUT2D eigenvalue weighted by atomic mass is 9.65. The van der Waals surface area contributed by atoms with Gasteiger partial charge in [0.15, 0.2) is 0 Å². The maximum atomic E-state index is 10.3. The van der Waals surface area contributed by atoms with Gasteiger partial charge in [-0.05, 0) is 104 Å². The minimum Gasteiger partial charge on any atom is -0.508 e. The van der Waals surface area contributed by atoms with Crippen LogP contribution in [0.4, 0.5) is 0 Å². The van der Waals surface area contributed by atoms with Crippen LogP contribution in [0.3, 0.4) is 0 Å². The maximum absolute atomic E-state index is 10.3. The third-order valence-corrected chi connectivity index (χ3v) is 8.14. The Hall–Kier alpha value is -5.48. The normalized spacial score (nSPS) is 13.0. The van der Waals surface area contributed by atoms with Crippen LogP contribution in [0.1, 0.15) is 22.3 Å². The van der Waals surface area contributed by atoms with E-state index in [4.69, 9.17) is 0 Å². The first-order chi connectivity index (χ1) is 20.0. The molecule has 6 aromatic carbocycles. The number of phenols is 4. The lowest BCUT2D eigenvalue weighted by Crippen LogP contribution is -2.29. The van der Waals surface area contributed by atoms with Crippen molar-refractivity contribution in [1.82, 2.24) is 0 Å². The monoisotopic (exact) mass is 534 g/mol. The molecule has 0 saturated heterocycles. The Morgan fingerprint density at radius 2 is 0.805 bits per heavy atom. The SMILES string of the molecule is Oc1ccc(-c2ccc3c(c2-c2ccc(O)cc2)C(c2ccc(O)cc2)(c2ccc(O)cc2)c2ccccc2-3)cc1. The Bertz CT molecular complexity index is 1840. The Morgan fingerprint density at radius 1 is 0.366 bits per heavy atom. The number of rotatable bonds is 4. The molecule has 198 valence electrons. The zero-order valence-corrected chi connectivity index (χ0v) is 22.0. The first-order valence-corrected chi connectivity index (χ1v) is 13.4. The van der Waals surface area contributed by atoms with Crippen LogP contribution in [0.5, 0.6) is 23.0 Å². The Labute approximate surface area is 237 Å². The van der Waals surface area contributed by atoms with Crippen molar-refractivity contribution >= 4 is 0 Å². The van der Waals surface area contributed by atoms with Gasteiger partial charge in [0.2, 0.25) is 0 Å². The summed E-state index contributed by atoms with van der Waals surface area (Å²) in [6.07, 6.45) is 0. The lowest BCUT2D eigenvalue weighted by molar-refractivity contribution is 0.474. The summed E-state index contributed by atoms with van der Waals surface area (Å²) in [5.41, 5.74) is 9.30. The molecule has 4 heteroatoms. The second-order valence-electron chi connectivity index (χ2n) is 10.4. The van der Waals surface area contributed by atoms with Gasteiger partial charge in [0.1, 0.15) is 23.0 Å². The smallest absolute Gasteiger partial charge is 0.115 e. The first-order valence-electron chi connectivity index (χ1n) is 13.4. The molecule has 1 aliphatic rings. The molecule has 0 spiro atoms. The van der Waals surface area contributed by atoms with Crippen molar-refractivity contribution in [3.05, 3.63) is 156 Å². The zero-order valence-electron chi connectivity index (χ0n) is 22.0. The van der Waals surface area contributed by atoms with E-state index in [0.29, 0.717) is 0 Å². The highest BCUT2D eigenvalue weighted by molar-refractivity contribution is 5.98. The number of aromatic hydroxyl groups is 4.